The molecule has 4 nitrogen and oxygen atoms in total. The Bertz CT molecular complexity index is 1260. The zero-order chi connectivity index (χ0) is 25.5. The number of aliphatic hydroxyl groups excluding tert-OH is 1. The van der Waals surface area contributed by atoms with Gasteiger partial charge in [0.05, 0.1) is 16.5 Å². The van der Waals surface area contributed by atoms with E-state index in [1.807, 2.05) is 36.4 Å². The van der Waals surface area contributed by atoms with E-state index in [0.717, 1.165) is 10.7 Å². The van der Waals surface area contributed by atoms with Gasteiger partial charge in [-0.05, 0) is 128 Å². The van der Waals surface area contributed by atoms with Crippen molar-refractivity contribution in [3.63, 3.8) is 0 Å². The zero-order valence-electron chi connectivity index (χ0n) is 18.9. The smallest absolute Gasteiger partial charge is 0.340 e. The molecule has 36 heavy (non-hydrogen) atoms. The van der Waals surface area contributed by atoms with Crippen LogP contribution < -0.4 is 4.74 Å². The standard InChI is InChI=1S/C28H22I3O4S/c29-24-15-16-25(30)27(31)26(24)28(33)35-18-19(32)17-34-20-11-13-23(14-12-20)36(21-7-3-1-4-8-21)22-9-5-2-6-10-22/h1-16,19,32H,17-18H2/q+1. The molecule has 0 saturated carbocycles. The van der Waals surface area contributed by atoms with Crippen LogP contribution in [0.25, 0.3) is 0 Å². The van der Waals surface area contributed by atoms with Crippen LogP contribution in [0.4, 0.5) is 0 Å². The second kappa shape index (κ2) is 13.4. The number of carbonyl (C=O) groups excluding carboxylic acids is 1. The first kappa shape index (κ1) is 27.7. The molecular formula is C28H22I3O4S+. The number of hydrogen-bond acceptors (Lipinski definition) is 4. The minimum Gasteiger partial charge on any atom is -0.491 e. The molecule has 4 rings (SSSR count). The van der Waals surface area contributed by atoms with Crippen LogP contribution in [0.15, 0.2) is 112 Å². The van der Waals surface area contributed by atoms with E-state index in [0.29, 0.717) is 11.3 Å². The van der Waals surface area contributed by atoms with Gasteiger partial charge >= 0.3 is 5.97 Å². The van der Waals surface area contributed by atoms with E-state index in [-0.39, 0.29) is 24.1 Å². The lowest BCUT2D eigenvalue weighted by Crippen LogP contribution is -2.25. The van der Waals surface area contributed by atoms with Gasteiger partial charge in [0.15, 0.2) is 14.7 Å². The first-order valence-electron chi connectivity index (χ1n) is 11.0. The highest BCUT2D eigenvalue weighted by molar-refractivity contribution is 14.1. The van der Waals surface area contributed by atoms with Crippen molar-refractivity contribution in [3.05, 3.63) is 113 Å². The Morgan fingerprint density at radius 3 is 1.83 bits per heavy atom. The summed E-state index contributed by atoms with van der Waals surface area (Å²) in [5.74, 6) is 0.204. The third kappa shape index (κ3) is 7.15. The monoisotopic (exact) mass is 835 g/mol. The van der Waals surface area contributed by atoms with E-state index in [1.54, 1.807) is 0 Å². The van der Waals surface area contributed by atoms with E-state index in [4.69, 9.17) is 9.47 Å². The molecule has 0 radical (unpaired) electrons. The highest BCUT2D eigenvalue weighted by Crippen LogP contribution is 2.32. The number of ether oxygens (including phenoxy) is 2. The molecule has 0 amide bonds. The van der Waals surface area contributed by atoms with E-state index in [2.05, 4.69) is 128 Å². The van der Waals surface area contributed by atoms with Crippen LogP contribution in [-0.2, 0) is 15.6 Å². The molecule has 1 atom stereocenters. The summed E-state index contributed by atoms with van der Waals surface area (Å²) >= 11 is 6.45. The molecule has 1 unspecified atom stereocenters. The summed E-state index contributed by atoms with van der Waals surface area (Å²) in [5, 5.41) is 10.3. The molecule has 0 spiro atoms. The second-order valence-corrected chi connectivity index (χ2v) is 13.1. The maximum atomic E-state index is 12.6. The lowest BCUT2D eigenvalue weighted by molar-refractivity contribution is 0.0128. The van der Waals surface area contributed by atoms with Gasteiger partial charge in [0.2, 0.25) is 0 Å². The normalized spacial score (nSPS) is 11.8. The molecule has 0 heterocycles. The number of aliphatic hydroxyl groups is 1. The Kier molecular flexibility index (Phi) is 10.3. The van der Waals surface area contributed by atoms with Gasteiger partial charge in [-0.25, -0.2) is 4.79 Å². The van der Waals surface area contributed by atoms with Gasteiger partial charge in [0.25, 0.3) is 0 Å². The van der Waals surface area contributed by atoms with Gasteiger partial charge in [0.1, 0.15) is 25.1 Å². The fourth-order valence-corrected chi connectivity index (χ4v) is 7.80. The molecule has 1 N–H and O–H groups in total. The van der Waals surface area contributed by atoms with E-state index in [1.165, 1.54) is 14.7 Å². The molecule has 0 aliphatic carbocycles. The van der Waals surface area contributed by atoms with Crippen molar-refractivity contribution in [3.8, 4) is 5.75 Å². The van der Waals surface area contributed by atoms with Crippen molar-refractivity contribution in [2.75, 3.05) is 13.2 Å². The van der Waals surface area contributed by atoms with Crippen molar-refractivity contribution >= 4 is 84.6 Å². The highest BCUT2D eigenvalue weighted by atomic mass is 127. The molecule has 8 heteroatoms. The van der Waals surface area contributed by atoms with E-state index < -0.39 is 12.1 Å². The van der Waals surface area contributed by atoms with Crippen molar-refractivity contribution in [1.29, 1.82) is 0 Å². The van der Waals surface area contributed by atoms with Gasteiger partial charge in [-0.15, -0.1) is 0 Å². The zero-order valence-corrected chi connectivity index (χ0v) is 26.2. The Morgan fingerprint density at radius 2 is 1.25 bits per heavy atom. The molecule has 4 aromatic carbocycles. The third-order valence-corrected chi connectivity index (χ3v) is 11.3. The van der Waals surface area contributed by atoms with E-state index >= 15 is 0 Å². The summed E-state index contributed by atoms with van der Waals surface area (Å²) < 4.78 is 13.8. The van der Waals surface area contributed by atoms with Crippen molar-refractivity contribution in [2.45, 2.75) is 20.8 Å². The quantitative estimate of drug-likeness (QED) is 0.0841. The Balaban J connectivity index is 1.37. The molecule has 0 aromatic heterocycles. The topological polar surface area (TPSA) is 55.8 Å². The lowest BCUT2D eigenvalue weighted by atomic mass is 10.2. The summed E-state index contributed by atoms with van der Waals surface area (Å²) in [4.78, 5) is 16.2. The number of benzene rings is 4. The number of hydrogen-bond donors (Lipinski definition) is 1. The fraction of sp³-hybridized carbons (Fsp3) is 0.107. The summed E-state index contributed by atoms with van der Waals surface area (Å²) in [5.41, 5.74) is 0.527. The van der Waals surface area contributed by atoms with Crippen LogP contribution in [-0.4, -0.2) is 30.4 Å². The van der Waals surface area contributed by atoms with Crippen molar-refractivity contribution in [1.82, 2.24) is 0 Å². The molecule has 0 bridgehead atoms. The Labute approximate surface area is 254 Å². The minimum atomic E-state index is -0.935. The van der Waals surface area contributed by atoms with Gasteiger partial charge in [0, 0.05) is 10.7 Å². The van der Waals surface area contributed by atoms with Crippen molar-refractivity contribution in [2.24, 2.45) is 0 Å². The predicted molar refractivity (Wildman–Crippen MR) is 168 cm³/mol. The van der Waals surface area contributed by atoms with Crippen LogP contribution in [0.1, 0.15) is 10.4 Å². The van der Waals surface area contributed by atoms with Crippen LogP contribution in [0.2, 0.25) is 0 Å². The number of esters is 1. The molecule has 0 aliphatic heterocycles. The maximum Gasteiger partial charge on any atom is 0.340 e. The van der Waals surface area contributed by atoms with Gasteiger partial charge < -0.3 is 14.6 Å². The van der Waals surface area contributed by atoms with Crippen LogP contribution in [0.5, 0.6) is 5.75 Å². The summed E-state index contributed by atoms with van der Waals surface area (Å²) in [7, 11) is -0.232. The van der Waals surface area contributed by atoms with Gasteiger partial charge in [-0.1, -0.05) is 36.4 Å². The minimum absolute atomic E-state index is 0.0240. The Hall–Kier alpha value is -1.35. The third-order valence-electron chi connectivity index (χ3n) is 5.11. The summed E-state index contributed by atoms with van der Waals surface area (Å²) in [6.07, 6.45) is -0.935. The number of carbonyl (C=O) groups is 1. The summed E-state index contributed by atoms with van der Waals surface area (Å²) in [6.45, 7) is -0.115. The maximum absolute atomic E-state index is 12.6. The first-order valence-corrected chi connectivity index (χ1v) is 15.5. The molecule has 0 aliphatic rings. The van der Waals surface area contributed by atoms with Crippen LogP contribution in [0.3, 0.4) is 0 Å². The van der Waals surface area contributed by atoms with Crippen LogP contribution in [0, 0.1) is 10.7 Å². The average molecular weight is 835 g/mol. The molecule has 0 saturated heterocycles. The summed E-state index contributed by atoms with van der Waals surface area (Å²) in [6, 6.07) is 32.7. The largest absolute Gasteiger partial charge is 0.491 e. The predicted octanol–water partition coefficient (Wildman–Crippen LogP) is 7.19. The van der Waals surface area contributed by atoms with Crippen LogP contribution >= 0.6 is 67.8 Å². The van der Waals surface area contributed by atoms with Gasteiger partial charge in [-0.3, -0.25) is 0 Å². The molecule has 184 valence electrons. The average Bonchev–Trinajstić information content (AvgIpc) is 2.91. The molecule has 4 aromatic rings. The number of rotatable bonds is 9. The Morgan fingerprint density at radius 1 is 0.722 bits per heavy atom. The van der Waals surface area contributed by atoms with Gasteiger partial charge in [-0.2, -0.15) is 0 Å². The lowest BCUT2D eigenvalue weighted by Gasteiger charge is -2.14. The fourth-order valence-electron chi connectivity index (χ4n) is 3.39. The van der Waals surface area contributed by atoms with E-state index in [9.17, 15) is 9.90 Å². The highest BCUT2D eigenvalue weighted by Gasteiger charge is 2.28. The second-order valence-electron chi connectivity index (χ2n) is 7.69. The SMILES string of the molecule is O=C(OCC(O)COc1ccc([S+](c2ccccc2)c2ccccc2)cc1)c1c(I)ccc(I)c1I. The first-order chi connectivity index (χ1) is 17.4. The van der Waals surface area contributed by atoms with Crippen molar-refractivity contribution < 1.29 is 19.4 Å². The molecular weight excluding hydrogens is 813 g/mol. The molecule has 0 fully saturated rings. The number of halogens is 3.